The van der Waals surface area contributed by atoms with E-state index >= 15 is 0 Å². The van der Waals surface area contributed by atoms with Gasteiger partial charge in [-0.3, -0.25) is 4.98 Å². The molecule has 3 aromatic carbocycles. The number of hydrogen-bond acceptors (Lipinski definition) is 7. The number of aliphatic hydroxyl groups is 1. The van der Waals surface area contributed by atoms with Crippen LogP contribution in [0.25, 0.3) is 22.0 Å². The average Bonchev–Trinajstić information content (AvgIpc) is 2.85. The number of pyridine rings is 1. The van der Waals surface area contributed by atoms with Crippen LogP contribution in [0.4, 0.5) is 4.79 Å². The Kier molecular flexibility index (Phi) is 8.16. The maximum atomic E-state index is 11.9. The summed E-state index contributed by atoms with van der Waals surface area (Å²) in [6.07, 6.45) is -1.15. The predicted octanol–water partition coefficient (Wildman–Crippen LogP) is 7.35. The van der Waals surface area contributed by atoms with Crippen molar-refractivity contribution in [3.05, 3.63) is 82.5 Å². The predicted molar refractivity (Wildman–Crippen MR) is 142 cm³/mol. The largest absolute Gasteiger partial charge is 0.511 e. The molecule has 0 spiro atoms. The van der Waals surface area contributed by atoms with Crippen LogP contribution in [0.3, 0.4) is 0 Å². The molecule has 1 N–H and O–H groups in total. The van der Waals surface area contributed by atoms with E-state index in [2.05, 4.69) is 0 Å². The van der Waals surface area contributed by atoms with Gasteiger partial charge in [-0.25, -0.2) is 4.79 Å². The molecule has 0 fully saturated rings. The Hall–Kier alpha value is -3.81. The van der Waals surface area contributed by atoms with Crippen LogP contribution in [0.2, 0.25) is 5.02 Å². The maximum absolute atomic E-state index is 11.9. The molecule has 0 bridgehead atoms. The molecule has 4 aromatic rings. The van der Waals surface area contributed by atoms with Crippen LogP contribution in [-0.4, -0.2) is 29.1 Å². The van der Waals surface area contributed by atoms with Crippen molar-refractivity contribution in [2.45, 2.75) is 40.4 Å². The second-order valence-electron chi connectivity index (χ2n) is 8.78. The summed E-state index contributed by atoms with van der Waals surface area (Å²) in [5.41, 5.74) is 4.52. The van der Waals surface area contributed by atoms with Gasteiger partial charge >= 0.3 is 6.16 Å². The highest BCUT2D eigenvalue weighted by Crippen LogP contribution is 2.40. The fourth-order valence-electron chi connectivity index (χ4n) is 3.82. The number of fused-ring (bicyclic) bond motifs is 1. The SMILES string of the molecule is Cc1ccc(Oc2ccc(-c3c(C)nc4cc(CO)c(Cl)cc4c3OCOC(=O)OC(C)C)cc2)cc1. The molecule has 0 amide bonds. The molecule has 0 atom stereocenters. The third-order valence-electron chi connectivity index (χ3n) is 5.57. The molecule has 37 heavy (non-hydrogen) atoms. The van der Waals surface area contributed by atoms with E-state index < -0.39 is 6.16 Å². The number of rotatable bonds is 8. The number of carbonyl (C=O) groups is 1. The normalized spacial score (nSPS) is 11.0. The molecule has 0 saturated carbocycles. The van der Waals surface area contributed by atoms with E-state index in [-0.39, 0.29) is 19.5 Å². The molecule has 1 aromatic heterocycles. The van der Waals surface area contributed by atoms with Gasteiger partial charge in [0, 0.05) is 21.7 Å². The average molecular weight is 522 g/mol. The van der Waals surface area contributed by atoms with Crippen molar-refractivity contribution in [2.24, 2.45) is 0 Å². The minimum Gasteiger partial charge on any atom is -0.457 e. The molecular formula is C29H28ClNO6. The van der Waals surface area contributed by atoms with Crippen LogP contribution in [0.15, 0.2) is 60.7 Å². The summed E-state index contributed by atoms with van der Waals surface area (Å²) < 4.78 is 22.1. The van der Waals surface area contributed by atoms with E-state index in [1.54, 1.807) is 26.0 Å². The van der Waals surface area contributed by atoms with Crippen LogP contribution < -0.4 is 9.47 Å². The lowest BCUT2D eigenvalue weighted by Gasteiger charge is -2.18. The smallest absolute Gasteiger partial charge is 0.457 e. The van der Waals surface area contributed by atoms with Gasteiger partial charge in [-0.1, -0.05) is 41.4 Å². The fourth-order valence-corrected chi connectivity index (χ4v) is 4.04. The van der Waals surface area contributed by atoms with Crippen molar-refractivity contribution in [3.8, 4) is 28.4 Å². The standard InChI is InChI=1S/C29H28ClNO6/c1-17(2)36-29(33)35-16-34-28-24-14-25(30)21(15-32)13-26(24)31-19(4)27(28)20-7-11-23(12-8-20)37-22-9-5-18(3)6-10-22/h5-14,17,32H,15-16H2,1-4H3. The zero-order valence-electron chi connectivity index (χ0n) is 21.1. The number of aryl methyl sites for hydroxylation is 2. The molecule has 192 valence electrons. The minimum atomic E-state index is -0.829. The van der Waals surface area contributed by atoms with Crippen molar-refractivity contribution in [1.29, 1.82) is 0 Å². The highest BCUT2D eigenvalue weighted by Gasteiger charge is 2.19. The van der Waals surface area contributed by atoms with Gasteiger partial charge in [-0.2, -0.15) is 0 Å². The molecule has 0 aliphatic heterocycles. The number of hydrogen-bond donors (Lipinski definition) is 1. The highest BCUT2D eigenvalue weighted by atomic mass is 35.5. The monoisotopic (exact) mass is 521 g/mol. The molecule has 7 nitrogen and oxygen atoms in total. The Labute approximate surface area is 220 Å². The van der Waals surface area contributed by atoms with Gasteiger partial charge in [0.2, 0.25) is 6.79 Å². The number of nitrogens with zero attached hydrogens (tertiary/aromatic N) is 1. The molecule has 4 rings (SSSR count). The van der Waals surface area contributed by atoms with Gasteiger partial charge in [0.15, 0.2) is 0 Å². The summed E-state index contributed by atoms with van der Waals surface area (Å²) >= 11 is 6.40. The number of ether oxygens (including phenoxy) is 4. The van der Waals surface area contributed by atoms with E-state index in [4.69, 9.17) is 35.5 Å². The lowest BCUT2D eigenvalue weighted by atomic mass is 9.99. The van der Waals surface area contributed by atoms with Crippen molar-refractivity contribution < 1.29 is 28.8 Å². The second kappa shape index (κ2) is 11.5. The molecule has 0 saturated heterocycles. The van der Waals surface area contributed by atoms with E-state index in [0.717, 1.165) is 16.9 Å². The van der Waals surface area contributed by atoms with Gasteiger partial charge in [0.25, 0.3) is 0 Å². The van der Waals surface area contributed by atoms with E-state index in [1.807, 2.05) is 62.4 Å². The third kappa shape index (κ3) is 6.31. The second-order valence-corrected chi connectivity index (χ2v) is 9.19. The highest BCUT2D eigenvalue weighted by molar-refractivity contribution is 6.32. The van der Waals surface area contributed by atoms with Crippen molar-refractivity contribution in [3.63, 3.8) is 0 Å². The summed E-state index contributed by atoms with van der Waals surface area (Å²) in [5, 5.41) is 10.6. The van der Waals surface area contributed by atoms with Crippen molar-refractivity contribution >= 4 is 28.7 Å². The number of benzene rings is 3. The third-order valence-corrected chi connectivity index (χ3v) is 5.92. The summed E-state index contributed by atoms with van der Waals surface area (Å²) in [6, 6.07) is 18.8. The number of aromatic nitrogens is 1. The summed E-state index contributed by atoms with van der Waals surface area (Å²) in [6.45, 7) is 6.75. The Balaban J connectivity index is 1.70. The first-order valence-electron chi connectivity index (χ1n) is 11.8. The van der Waals surface area contributed by atoms with Gasteiger partial charge in [0.05, 0.1) is 18.2 Å². The number of carbonyl (C=O) groups excluding carboxylic acids is 1. The molecule has 0 aliphatic carbocycles. The maximum Gasteiger partial charge on any atom is 0.511 e. The minimum absolute atomic E-state index is 0.222. The zero-order chi connectivity index (χ0) is 26.5. The molecular weight excluding hydrogens is 494 g/mol. The fraction of sp³-hybridized carbons (Fsp3) is 0.241. The van der Waals surface area contributed by atoms with Crippen LogP contribution >= 0.6 is 11.6 Å². The Morgan fingerprint density at radius 1 is 1.00 bits per heavy atom. The lowest BCUT2D eigenvalue weighted by molar-refractivity contribution is -0.00760. The van der Waals surface area contributed by atoms with Crippen LogP contribution in [-0.2, 0) is 16.1 Å². The molecule has 8 heteroatoms. The summed E-state index contributed by atoms with van der Waals surface area (Å²) in [4.78, 5) is 16.6. The van der Waals surface area contributed by atoms with Crippen LogP contribution in [0, 0.1) is 13.8 Å². The van der Waals surface area contributed by atoms with E-state index in [0.29, 0.717) is 44.2 Å². The van der Waals surface area contributed by atoms with Gasteiger partial charge < -0.3 is 24.1 Å². The lowest BCUT2D eigenvalue weighted by Crippen LogP contribution is -2.16. The van der Waals surface area contributed by atoms with Crippen molar-refractivity contribution in [2.75, 3.05) is 6.79 Å². The molecule has 0 radical (unpaired) electrons. The Bertz CT molecular complexity index is 1400. The van der Waals surface area contributed by atoms with E-state index in [9.17, 15) is 9.90 Å². The van der Waals surface area contributed by atoms with Crippen LogP contribution in [0.1, 0.15) is 30.7 Å². The van der Waals surface area contributed by atoms with Crippen molar-refractivity contribution in [1.82, 2.24) is 4.98 Å². The number of halogens is 1. The molecule has 1 heterocycles. The first-order chi connectivity index (χ1) is 17.7. The Morgan fingerprint density at radius 2 is 1.65 bits per heavy atom. The molecule has 0 unspecified atom stereocenters. The summed E-state index contributed by atoms with van der Waals surface area (Å²) in [5.74, 6) is 1.86. The van der Waals surface area contributed by atoms with Gasteiger partial charge in [-0.15, -0.1) is 0 Å². The zero-order valence-corrected chi connectivity index (χ0v) is 21.8. The topological polar surface area (TPSA) is 87.1 Å². The quantitative estimate of drug-likeness (QED) is 0.191. The Morgan fingerprint density at radius 3 is 2.27 bits per heavy atom. The van der Waals surface area contributed by atoms with Gasteiger partial charge in [0.1, 0.15) is 17.2 Å². The first-order valence-corrected chi connectivity index (χ1v) is 12.2. The van der Waals surface area contributed by atoms with E-state index in [1.165, 1.54) is 0 Å². The molecule has 0 aliphatic rings. The van der Waals surface area contributed by atoms with Gasteiger partial charge in [-0.05, 0) is 75.2 Å². The first kappa shape index (κ1) is 26.3. The van der Waals surface area contributed by atoms with Crippen LogP contribution in [0.5, 0.6) is 17.2 Å². The summed E-state index contributed by atoms with van der Waals surface area (Å²) in [7, 11) is 0. The number of aliphatic hydroxyl groups excluding tert-OH is 1.